The number of alkyl halides is 1. The van der Waals surface area contributed by atoms with Crippen molar-refractivity contribution < 1.29 is 13.9 Å². The summed E-state index contributed by atoms with van der Waals surface area (Å²) in [6.07, 6.45) is 13.7. The van der Waals surface area contributed by atoms with E-state index in [0.717, 1.165) is 36.8 Å². The summed E-state index contributed by atoms with van der Waals surface area (Å²) in [5, 5.41) is 6.58. The third-order valence-corrected chi connectivity index (χ3v) is 4.51. The number of carbonyl (C=O) groups is 1. The van der Waals surface area contributed by atoms with Gasteiger partial charge in [-0.1, -0.05) is 52.0 Å². The summed E-state index contributed by atoms with van der Waals surface area (Å²) in [7, 11) is 1.88. The second-order valence-corrected chi connectivity index (χ2v) is 7.24. The Morgan fingerprint density at radius 3 is 2.58 bits per heavy atom. The number of Topliss-reactive ketones (excluding diaryl/α,β-unsaturated/α-hetero) is 1. The quantitative estimate of drug-likeness (QED) is 0.137. The highest BCUT2D eigenvalue weighted by Gasteiger charge is 2.17. The van der Waals surface area contributed by atoms with Gasteiger partial charge in [0.25, 0.3) is 0 Å². The van der Waals surface area contributed by atoms with E-state index in [-0.39, 0.29) is 18.4 Å². The number of ketones is 1. The number of allylic oxidation sites excluding steroid dienone is 2. The molecule has 2 atom stereocenters. The highest BCUT2D eigenvalue weighted by molar-refractivity contribution is 5.99. The molecule has 6 heteroatoms. The van der Waals surface area contributed by atoms with Crippen molar-refractivity contribution in [2.24, 2.45) is 4.99 Å². The molecule has 0 heterocycles. The molecule has 2 unspecified atom stereocenters. The molecule has 2 N–H and O–H groups in total. The monoisotopic (exact) mass is 435 g/mol. The third-order valence-electron chi connectivity index (χ3n) is 4.51. The first-order valence-electron chi connectivity index (χ1n) is 11.3. The molecule has 0 saturated carbocycles. The molecule has 5 nitrogen and oxygen atoms in total. The average molecular weight is 436 g/mol. The normalized spacial score (nSPS) is 14.9. The van der Waals surface area contributed by atoms with Crippen LogP contribution >= 0.6 is 0 Å². The average Bonchev–Trinajstić information content (AvgIpc) is 2.76. The van der Waals surface area contributed by atoms with Crippen LogP contribution in [0.25, 0.3) is 0 Å². The molecule has 0 aliphatic carbocycles. The SMILES string of the molecule is C=C(C(=O)CCC)/C(=C/NCC(/C=N\C(C)OCCF)=C/CC)C(/C=C\CCC)NC. The highest BCUT2D eigenvalue weighted by Crippen LogP contribution is 2.17. The van der Waals surface area contributed by atoms with E-state index in [1.165, 1.54) is 0 Å². The number of carbonyl (C=O) groups excluding carboxylic acids is 1. The van der Waals surface area contributed by atoms with Crippen LogP contribution in [0.15, 0.2) is 52.7 Å². The van der Waals surface area contributed by atoms with Crippen LogP contribution in [0.4, 0.5) is 4.39 Å². The van der Waals surface area contributed by atoms with Crippen molar-refractivity contribution in [3.8, 4) is 0 Å². The van der Waals surface area contributed by atoms with Gasteiger partial charge in [-0.15, -0.1) is 0 Å². The second kappa shape index (κ2) is 18.7. The van der Waals surface area contributed by atoms with E-state index in [1.54, 1.807) is 13.1 Å². The van der Waals surface area contributed by atoms with Gasteiger partial charge in [0.2, 0.25) is 0 Å². The minimum Gasteiger partial charge on any atom is -0.386 e. The zero-order chi connectivity index (χ0) is 23.5. The summed E-state index contributed by atoms with van der Waals surface area (Å²) in [6.45, 7) is 12.1. The molecule has 0 aliphatic heterocycles. The molecule has 176 valence electrons. The first-order chi connectivity index (χ1) is 14.9. The Morgan fingerprint density at radius 1 is 1.26 bits per heavy atom. The van der Waals surface area contributed by atoms with Crippen LogP contribution in [0, 0.1) is 0 Å². The molecule has 0 radical (unpaired) electrons. The fourth-order valence-electron chi connectivity index (χ4n) is 2.83. The first-order valence-corrected chi connectivity index (χ1v) is 11.3. The zero-order valence-corrected chi connectivity index (χ0v) is 20.0. The summed E-state index contributed by atoms with van der Waals surface area (Å²) in [6, 6.07) is -0.103. The molecule has 0 aromatic heterocycles. The number of rotatable bonds is 18. The summed E-state index contributed by atoms with van der Waals surface area (Å²) < 4.78 is 17.5. The van der Waals surface area contributed by atoms with Crippen molar-refractivity contribution in [1.29, 1.82) is 0 Å². The minimum atomic E-state index is -0.521. The van der Waals surface area contributed by atoms with Gasteiger partial charge in [0.15, 0.2) is 5.78 Å². The fourth-order valence-corrected chi connectivity index (χ4v) is 2.83. The van der Waals surface area contributed by atoms with Crippen molar-refractivity contribution >= 4 is 12.0 Å². The van der Waals surface area contributed by atoms with Crippen molar-refractivity contribution in [1.82, 2.24) is 10.6 Å². The Balaban J connectivity index is 5.44. The lowest BCUT2D eigenvalue weighted by molar-refractivity contribution is -0.115. The number of unbranched alkanes of at least 4 members (excludes halogenated alkanes) is 1. The summed E-state index contributed by atoms with van der Waals surface area (Å²) in [5.41, 5.74) is 2.35. The molecule has 0 saturated heterocycles. The number of nitrogens with one attached hydrogen (secondary N) is 2. The van der Waals surface area contributed by atoms with Crippen LogP contribution in [0.1, 0.15) is 59.8 Å². The predicted octanol–water partition coefficient (Wildman–Crippen LogP) is 5.07. The molecule has 0 rings (SSSR count). The van der Waals surface area contributed by atoms with E-state index in [9.17, 15) is 9.18 Å². The second-order valence-electron chi connectivity index (χ2n) is 7.24. The highest BCUT2D eigenvalue weighted by atomic mass is 19.1. The number of ether oxygens (including phenoxy) is 1. The van der Waals surface area contributed by atoms with Gasteiger partial charge >= 0.3 is 0 Å². The Labute approximate surface area is 188 Å². The Hall–Kier alpha value is -2.05. The zero-order valence-electron chi connectivity index (χ0n) is 20.0. The van der Waals surface area contributed by atoms with E-state index >= 15 is 0 Å². The molecule has 0 aromatic carbocycles. The van der Waals surface area contributed by atoms with Gasteiger partial charge in [-0.25, -0.2) is 4.39 Å². The molecular formula is C25H42FN3O2. The summed E-state index contributed by atoms with van der Waals surface area (Å²) in [5.74, 6) is 0.0596. The van der Waals surface area contributed by atoms with E-state index in [1.807, 2.05) is 20.2 Å². The van der Waals surface area contributed by atoms with Gasteiger partial charge in [0.05, 0.1) is 12.6 Å². The Morgan fingerprint density at radius 2 is 2.00 bits per heavy atom. The first kappa shape index (κ1) is 28.9. The molecular weight excluding hydrogens is 393 g/mol. The fraction of sp³-hybridized carbons (Fsp3) is 0.600. The minimum absolute atomic E-state index is 0.0422. The predicted molar refractivity (Wildman–Crippen MR) is 130 cm³/mol. The van der Waals surface area contributed by atoms with Gasteiger partial charge < -0.3 is 15.4 Å². The molecule has 0 amide bonds. The number of halogens is 1. The van der Waals surface area contributed by atoms with Crippen LogP contribution in [-0.2, 0) is 9.53 Å². The molecule has 0 bridgehead atoms. The van der Waals surface area contributed by atoms with Crippen LogP contribution < -0.4 is 10.6 Å². The summed E-state index contributed by atoms with van der Waals surface area (Å²) in [4.78, 5) is 16.8. The Kier molecular flexibility index (Phi) is 17.5. The number of hydrogen-bond donors (Lipinski definition) is 2. The van der Waals surface area contributed by atoms with Crippen molar-refractivity contribution in [3.05, 3.63) is 47.7 Å². The smallest absolute Gasteiger partial charge is 0.162 e. The topological polar surface area (TPSA) is 62.7 Å². The van der Waals surface area contributed by atoms with Crippen LogP contribution in [0.5, 0.6) is 0 Å². The molecule has 0 spiro atoms. The maximum Gasteiger partial charge on any atom is 0.162 e. The largest absolute Gasteiger partial charge is 0.386 e. The number of likely N-dealkylation sites (N-methyl/N-ethyl adjacent to an activating group) is 1. The summed E-state index contributed by atoms with van der Waals surface area (Å²) >= 11 is 0. The maximum absolute atomic E-state index is 12.5. The van der Waals surface area contributed by atoms with Gasteiger partial charge in [0.1, 0.15) is 12.9 Å². The van der Waals surface area contributed by atoms with E-state index < -0.39 is 12.9 Å². The van der Waals surface area contributed by atoms with Gasteiger partial charge in [-0.2, -0.15) is 0 Å². The van der Waals surface area contributed by atoms with Crippen LogP contribution in [0.3, 0.4) is 0 Å². The lowest BCUT2D eigenvalue weighted by Gasteiger charge is -2.19. The third kappa shape index (κ3) is 13.1. The van der Waals surface area contributed by atoms with Crippen molar-refractivity contribution in [2.75, 3.05) is 26.9 Å². The standard InChI is InChI=1S/C25H42FN3O2/c1-7-10-11-14-24(27-6)23(20(4)25(30)13-9-3)19-28-17-22(12-8-2)18-29-21(5)31-16-15-26/h11-12,14,18-19,21,24,27-28H,4,7-10,13,15-17H2,1-3,5-6H3/b14-11-,22-12-,23-19-,29-18-. The molecule has 0 aliphatic rings. The van der Waals surface area contributed by atoms with Gasteiger partial charge in [0, 0.05) is 31.0 Å². The molecule has 0 fully saturated rings. The molecule has 31 heavy (non-hydrogen) atoms. The van der Waals surface area contributed by atoms with Gasteiger partial charge in [-0.05, 0) is 44.4 Å². The van der Waals surface area contributed by atoms with Gasteiger partial charge in [-0.3, -0.25) is 9.79 Å². The number of hydrogen-bond acceptors (Lipinski definition) is 5. The van der Waals surface area contributed by atoms with Crippen molar-refractivity contribution in [3.63, 3.8) is 0 Å². The lowest BCUT2D eigenvalue weighted by Crippen LogP contribution is -2.29. The van der Waals surface area contributed by atoms with Crippen LogP contribution in [-0.4, -0.2) is 51.1 Å². The van der Waals surface area contributed by atoms with E-state index in [0.29, 0.717) is 18.5 Å². The van der Waals surface area contributed by atoms with E-state index in [2.05, 4.69) is 54.3 Å². The molecule has 0 aromatic rings. The van der Waals surface area contributed by atoms with Crippen molar-refractivity contribution in [2.45, 2.75) is 72.1 Å². The lowest BCUT2D eigenvalue weighted by atomic mass is 9.94. The number of nitrogens with zero attached hydrogens (tertiary/aromatic N) is 1. The maximum atomic E-state index is 12.5. The number of aliphatic imine (C=N–C) groups is 1. The Bertz CT molecular complexity index is 639. The van der Waals surface area contributed by atoms with E-state index in [4.69, 9.17) is 4.74 Å². The van der Waals surface area contributed by atoms with Crippen LogP contribution in [0.2, 0.25) is 0 Å².